The molecule has 0 saturated carbocycles. The van der Waals surface area contributed by atoms with Crippen molar-refractivity contribution in [3.63, 3.8) is 0 Å². The van der Waals surface area contributed by atoms with Crippen LogP contribution in [0.25, 0.3) is 0 Å². The van der Waals surface area contributed by atoms with Gasteiger partial charge in [0, 0.05) is 0 Å². The molecule has 0 N–H and O–H groups in total. The number of hydrogen-bond donors (Lipinski definition) is 0. The standard InChI is InChI=1S/C18H39N.ClH/c1-4-6-8-10-12-14-16-18-19(3)17-15-13-11-9-7-5-2;/h4-18H2,1-3H3;1H. The van der Waals surface area contributed by atoms with Crippen molar-refractivity contribution in [1.29, 1.82) is 0 Å². The minimum Gasteiger partial charge on any atom is -0.306 e. The van der Waals surface area contributed by atoms with Crippen molar-refractivity contribution < 1.29 is 0 Å². The Kier molecular flexibility index (Phi) is 21.7. The van der Waals surface area contributed by atoms with Gasteiger partial charge in [-0.1, -0.05) is 84.5 Å². The largest absolute Gasteiger partial charge is 0.306 e. The third-order valence-electron chi connectivity index (χ3n) is 4.04. The van der Waals surface area contributed by atoms with E-state index in [1.165, 1.54) is 96.6 Å². The molecule has 0 fully saturated rings. The number of unbranched alkanes of at least 4 members (excludes halogenated alkanes) is 11. The lowest BCUT2D eigenvalue weighted by molar-refractivity contribution is 0.314. The fraction of sp³-hybridized carbons (Fsp3) is 1.00. The molecular formula is C18H40ClN. The number of hydrogen-bond acceptors (Lipinski definition) is 1. The highest BCUT2D eigenvalue weighted by Gasteiger charge is 1.98. The molecule has 0 aliphatic carbocycles. The highest BCUT2D eigenvalue weighted by Crippen LogP contribution is 2.08. The molecule has 2 heteroatoms. The molecule has 1 nitrogen and oxygen atoms in total. The SMILES string of the molecule is CCCCCCCCCN(C)CCCCCCCC.Cl. The summed E-state index contributed by atoms with van der Waals surface area (Å²) >= 11 is 0. The molecule has 0 bridgehead atoms. The second-order valence-electron chi connectivity index (χ2n) is 6.19. The van der Waals surface area contributed by atoms with Gasteiger partial charge in [-0.05, 0) is 33.0 Å². The van der Waals surface area contributed by atoms with E-state index in [1.54, 1.807) is 0 Å². The van der Waals surface area contributed by atoms with Gasteiger partial charge in [0.1, 0.15) is 0 Å². The van der Waals surface area contributed by atoms with Crippen molar-refractivity contribution in [2.75, 3.05) is 20.1 Å². The van der Waals surface area contributed by atoms with Crippen LogP contribution in [0.1, 0.15) is 97.3 Å². The molecule has 0 amide bonds. The smallest absolute Gasteiger partial charge is 0.00218 e. The van der Waals surface area contributed by atoms with Crippen LogP contribution >= 0.6 is 12.4 Å². The molecule has 20 heavy (non-hydrogen) atoms. The number of halogens is 1. The quantitative estimate of drug-likeness (QED) is 0.314. The summed E-state index contributed by atoms with van der Waals surface area (Å²) in [4.78, 5) is 2.53. The Morgan fingerprint density at radius 3 is 1.15 bits per heavy atom. The molecule has 0 aliphatic rings. The van der Waals surface area contributed by atoms with Crippen LogP contribution in [0.5, 0.6) is 0 Å². The molecule has 0 aromatic carbocycles. The summed E-state index contributed by atoms with van der Waals surface area (Å²) in [7, 11) is 2.29. The van der Waals surface area contributed by atoms with Gasteiger partial charge in [-0.25, -0.2) is 0 Å². The van der Waals surface area contributed by atoms with Gasteiger partial charge in [0.15, 0.2) is 0 Å². The third-order valence-corrected chi connectivity index (χ3v) is 4.04. The van der Waals surface area contributed by atoms with Crippen LogP contribution in [-0.2, 0) is 0 Å². The summed E-state index contributed by atoms with van der Waals surface area (Å²) in [6.45, 7) is 7.19. The van der Waals surface area contributed by atoms with E-state index in [1.807, 2.05) is 0 Å². The van der Waals surface area contributed by atoms with E-state index in [0.717, 1.165) is 0 Å². The maximum absolute atomic E-state index is 2.53. The average molecular weight is 306 g/mol. The highest BCUT2D eigenvalue weighted by atomic mass is 35.5. The van der Waals surface area contributed by atoms with Crippen molar-refractivity contribution >= 4 is 12.4 Å². The monoisotopic (exact) mass is 305 g/mol. The maximum atomic E-state index is 2.53. The molecule has 0 saturated heterocycles. The fourth-order valence-corrected chi connectivity index (χ4v) is 2.61. The predicted octanol–water partition coefficient (Wildman–Crippen LogP) is 6.45. The second-order valence-corrected chi connectivity index (χ2v) is 6.19. The van der Waals surface area contributed by atoms with Crippen LogP contribution in [0.4, 0.5) is 0 Å². The topological polar surface area (TPSA) is 3.24 Å². The van der Waals surface area contributed by atoms with E-state index in [4.69, 9.17) is 0 Å². The first-order valence-corrected chi connectivity index (χ1v) is 8.99. The van der Waals surface area contributed by atoms with Gasteiger partial charge in [-0.3, -0.25) is 0 Å². The highest BCUT2D eigenvalue weighted by molar-refractivity contribution is 5.85. The zero-order valence-corrected chi connectivity index (χ0v) is 15.3. The molecular weight excluding hydrogens is 266 g/mol. The van der Waals surface area contributed by atoms with Crippen molar-refractivity contribution in [1.82, 2.24) is 4.90 Å². The van der Waals surface area contributed by atoms with Gasteiger partial charge in [0.2, 0.25) is 0 Å². The van der Waals surface area contributed by atoms with Crippen LogP contribution in [0.3, 0.4) is 0 Å². The average Bonchev–Trinajstić information content (AvgIpc) is 2.41. The predicted molar refractivity (Wildman–Crippen MR) is 96.1 cm³/mol. The van der Waals surface area contributed by atoms with E-state index in [-0.39, 0.29) is 12.4 Å². The number of nitrogens with zero attached hydrogens (tertiary/aromatic N) is 1. The van der Waals surface area contributed by atoms with Crippen molar-refractivity contribution in [3.05, 3.63) is 0 Å². The summed E-state index contributed by atoms with van der Waals surface area (Å²) in [6, 6.07) is 0. The summed E-state index contributed by atoms with van der Waals surface area (Å²) in [6.07, 6.45) is 18.5. The Morgan fingerprint density at radius 1 is 0.500 bits per heavy atom. The zero-order valence-electron chi connectivity index (χ0n) is 14.5. The lowest BCUT2D eigenvalue weighted by Crippen LogP contribution is -2.20. The molecule has 0 aromatic heterocycles. The van der Waals surface area contributed by atoms with Crippen LogP contribution < -0.4 is 0 Å². The Hall–Kier alpha value is 0.250. The minimum absolute atomic E-state index is 0. The molecule has 0 heterocycles. The van der Waals surface area contributed by atoms with Gasteiger partial charge in [0.05, 0.1) is 0 Å². The molecule has 124 valence electrons. The molecule has 0 radical (unpaired) electrons. The lowest BCUT2D eigenvalue weighted by Gasteiger charge is -2.16. The molecule has 0 atom stereocenters. The van der Waals surface area contributed by atoms with Gasteiger partial charge in [-0.2, -0.15) is 0 Å². The van der Waals surface area contributed by atoms with Gasteiger partial charge in [0.25, 0.3) is 0 Å². The summed E-state index contributed by atoms with van der Waals surface area (Å²) < 4.78 is 0. The maximum Gasteiger partial charge on any atom is -0.00218 e. The Bertz CT molecular complexity index is 161. The van der Waals surface area contributed by atoms with E-state index >= 15 is 0 Å². The molecule has 0 spiro atoms. The van der Waals surface area contributed by atoms with Crippen LogP contribution in [0.15, 0.2) is 0 Å². The van der Waals surface area contributed by atoms with Gasteiger partial charge < -0.3 is 4.90 Å². The van der Waals surface area contributed by atoms with Crippen molar-refractivity contribution in [3.8, 4) is 0 Å². The lowest BCUT2D eigenvalue weighted by atomic mass is 10.1. The second kappa shape index (κ2) is 19.2. The zero-order chi connectivity index (χ0) is 14.2. The van der Waals surface area contributed by atoms with E-state index in [0.29, 0.717) is 0 Å². The third kappa shape index (κ3) is 18.2. The molecule has 0 aliphatic heterocycles. The number of rotatable bonds is 15. The Morgan fingerprint density at radius 2 is 0.800 bits per heavy atom. The van der Waals surface area contributed by atoms with Gasteiger partial charge >= 0.3 is 0 Å². The van der Waals surface area contributed by atoms with Crippen molar-refractivity contribution in [2.24, 2.45) is 0 Å². The molecule has 0 unspecified atom stereocenters. The van der Waals surface area contributed by atoms with E-state index < -0.39 is 0 Å². The first kappa shape index (κ1) is 22.5. The van der Waals surface area contributed by atoms with Gasteiger partial charge in [-0.15, -0.1) is 12.4 Å². The fourth-order valence-electron chi connectivity index (χ4n) is 2.61. The minimum atomic E-state index is 0. The normalized spacial score (nSPS) is 10.8. The molecule has 0 rings (SSSR count). The van der Waals surface area contributed by atoms with Crippen LogP contribution in [0, 0.1) is 0 Å². The summed E-state index contributed by atoms with van der Waals surface area (Å²) in [5.74, 6) is 0. The Labute approximate surface area is 135 Å². The first-order chi connectivity index (χ1) is 9.31. The van der Waals surface area contributed by atoms with Crippen LogP contribution in [-0.4, -0.2) is 25.0 Å². The van der Waals surface area contributed by atoms with E-state index in [2.05, 4.69) is 25.8 Å². The molecule has 0 aromatic rings. The Balaban J connectivity index is 0. The summed E-state index contributed by atoms with van der Waals surface area (Å²) in [5, 5.41) is 0. The van der Waals surface area contributed by atoms with Crippen molar-refractivity contribution in [2.45, 2.75) is 97.3 Å². The summed E-state index contributed by atoms with van der Waals surface area (Å²) in [5.41, 5.74) is 0. The van der Waals surface area contributed by atoms with Crippen LogP contribution in [0.2, 0.25) is 0 Å². The van der Waals surface area contributed by atoms with E-state index in [9.17, 15) is 0 Å². The first-order valence-electron chi connectivity index (χ1n) is 8.99.